The van der Waals surface area contributed by atoms with E-state index in [-0.39, 0.29) is 22.9 Å². The van der Waals surface area contributed by atoms with Crippen molar-refractivity contribution in [3.8, 4) is 0 Å². The van der Waals surface area contributed by atoms with Crippen molar-refractivity contribution >= 4 is 46.4 Å². The van der Waals surface area contributed by atoms with E-state index in [1.165, 1.54) is 0 Å². The molecule has 0 radical (unpaired) electrons. The quantitative estimate of drug-likeness (QED) is 0.187. The Hall–Kier alpha value is -1.66. The Morgan fingerprint density at radius 1 is 1.15 bits per heavy atom. The number of nitrogens with zero attached hydrogens (tertiary/aromatic N) is 4. The molecule has 1 aliphatic rings. The number of fused-ring (bicyclic) bond motifs is 1. The number of aliphatic hydroxyl groups excluding tert-OH is 1. The molecule has 6 atom stereocenters. The highest BCUT2D eigenvalue weighted by Crippen LogP contribution is 2.66. The molecule has 2 aromatic heterocycles. The van der Waals surface area contributed by atoms with Crippen LogP contribution < -0.4 is 11.5 Å². The zero-order chi connectivity index (χ0) is 25.7. The monoisotopic (exact) mass is 556 g/mol. The third-order valence-electron chi connectivity index (χ3n) is 4.32. The molecule has 3 heterocycles. The van der Waals surface area contributed by atoms with Gasteiger partial charge in [-0.3, -0.25) is 9.09 Å². The van der Waals surface area contributed by atoms with E-state index in [1.54, 1.807) is 0 Å². The molecule has 9 N–H and O–H groups in total. The van der Waals surface area contributed by atoms with Crippen LogP contribution in [0.25, 0.3) is 11.2 Å². The number of phosphoric ester groups is 1. The molecule has 34 heavy (non-hydrogen) atoms. The summed E-state index contributed by atoms with van der Waals surface area (Å²) in [4.78, 5) is 47.1. The van der Waals surface area contributed by atoms with E-state index in [2.05, 4.69) is 28.1 Å². The van der Waals surface area contributed by atoms with Gasteiger partial charge in [-0.05, 0) is 0 Å². The topological polar surface area (TPSA) is 285 Å². The molecule has 0 bridgehead atoms. The fourth-order valence-electron chi connectivity index (χ4n) is 2.94. The normalized spacial score (nSPS) is 29.2. The molecule has 23 heteroatoms. The number of imidazole rings is 1. The molecule has 192 valence electrons. The SMILES string of the molecule is Nc1nc(N)c2ncn([C@@H]3O[C@](CF)(COP(=O)(O)OP(=O)(O)OP(=O)(O)O)[C@@H](O)[C@H]3F)c2n1. The van der Waals surface area contributed by atoms with Gasteiger partial charge in [0.15, 0.2) is 29.5 Å². The molecule has 0 aliphatic carbocycles. The average molecular weight is 556 g/mol. The second kappa shape index (κ2) is 9.09. The maximum atomic E-state index is 14.9. The lowest BCUT2D eigenvalue weighted by Crippen LogP contribution is -2.48. The largest absolute Gasteiger partial charge is 0.490 e. The minimum absolute atomic E-state index is 0.0366. The third-order valence-corrected chi connectivity index (χ3v) is 8.11. The Morgan fingerprint density at radius 2 is 1.79 bits per heavy atom. The van der Waals surface area contributed by atoms with Crippen LogP contribution in [-0.2, 0) is 31.6 Å². The van der Waals surface area contributed by atoms with Crippen LogP contribution in [0.15, 0.2) is 6.33 Å². The van der Waals surface area contributed by atoms with Crippen LogP contribution in [0.2, 0.25) is 0 Å². The first-order valence-electron chi connectivity index (χ1n) is 8.59. The van der Waals surface area contributed by atoms with Crippen molar-refractivity contribution in [2.45, 2.75) is 24.1 Å². The highest BCUT2D eigenvalue weighted by Gasteiger charge is 2.58. The summed E-state index contributed by atoms with van der Waals surface area (Å²) in [6.07, 6.45) is -5.62. The highest BCUT2D eigenvalue weighted by atomic mass is 31.3. The van der Waals surface area contributed by atoms with Gasteiger partial charge in [-0.2, -0.15) is 18.6 Å². The van der Waals surface area contributed by atoms with Crippen LogP contribution >= 0.6 is 23.5 Å². The summed E-state index contributed by atoms with van der Waals surface area (Å²) < 4.78 is 80.3. The molecule has 0 saturated carbocycles. The maximum absolute atomic E-state index is 14.9. The number of rotatable bonds is 9. The van der Waals surface area contributed by atoms with Crippen molar-refractivity contribution in [2.75, 3.05) is 24.7 Å². The molecule has 0 aromatic carbocycles. The van der Waals surface area contributed by atoms with Crippen molar-refractivity contribution in [2.24, 2.45) is 0 Å². The molecule has 18 nitrogen and oxygen atoms in total. The predicted octanol–water partition coefficient (Wildman–Crippen LogP) is -0.730. The molecule has 0 amide bonds. The number of nitrogen functional groups attached to an aromatic ring is 2. The Kier molecular flexibility index (Phi) is 7.20. The van der Waals surface area contributed by atoms with Crippen LogP contribution in [0.4, 0.5) is 20.5 Å². The molecule has 1 saturated heterocycles. The van der Waals surface area contributed by atoms with Crippen LogP contribution in [0.1, 0.15) is 6.23 Å². The minimum atomic E-state index is -5.87. The number of phosphoric acid groups is 3. The number of nitrogens with two attached hydrogens (primary N) is 2. The van der Waals surface area contributed by atoms with Crippen LogP contribution in [0.3, 0.4) is 0 Å². The van der Waals surface area contributed by atoms with Crippen molar-refractivity contribution in [1.82, 2.24) is 19.5 Å². The first-order valence-corrected chi connectivity index (χ1v) is 13.1. The van der Waals surface area contributed by atoms with E-state index in [4.69, 9.17) is 30.9 Å². The first-order chi connectivity index (χ1) is 15.5. The maximum Gasteiger partial charge on any atom is 0.490 e. The second-order valence-corrected chi connectivity index (χ2v) is 11.2. The van der Waals surface area contributed by atoms with Gasteiger partial charge >= 0.3 is 23.5 Å². The molecule has 2 aromatic rings. The number of aromatic nitrogens is 4. The third kappa shape index (κ3) is 5.59. The van der Waals surface area contributed by atoms with Crippen LogP contribution in [0, 0.1) is 0 Å². The summed E-state index contributed by atoms with van der Waals surface area (Å²) in [5.74, 6) is -0.510. The van der Waals surface area contributed by atoms with Gasteiger partial charge in [0.1, 0.15) is 18.3 Å². The van der Waals surface area contributed by atoms with Gasteiger partial charge in [0.05, 0.1) is 12.9 Å². The molecule has 3 rings (SSSR count). The van der Waals surface area contributed by atoms with E-state index in [0.717, 1.165) is 10.9 Å². The summed E-state index contributed by atoms with van der Waals surface area (Å²) in [7, 11) is -17.2. The highest BCUT2D eigenvalue weighted by molar-refractivity contribution is 7.66. The Labute approximate surface area is 186 Å². The number of anilines is 2. The summed E-state index contributed by atoms with van der Waals surface area (Å²) in [6.45, 7) is -3.16. The van der Waals surface area contributed by atoms with E-state index >= 15 is 0 Å². The van der Waals surface area contributed by atoms with Gasteiger partial charge in [0, 0.05) is 0 Å². The zero-order valence-corrected chi connectivity index (χ0v) is 19.0. The number of halogens is 2. The number of hydrogen-bond acceptors (Lipinski definition) is 13. The van der Waals surface area contributed by atoms with Crippen molar-refractivity contribution < 1.29 is 65.0 Å². The molecule has 2 unspecified atom stereocenters. The second-order valence-electron chi connectivity index (χ2n) is 6.75. The van der Waals surface area contributed by atoms with Crippen LogP contribution in [-0.4, -0.2) is 75.4 Å². The lowest BCUT2D eigenvalue weighted by molar-refractivity contribution is -0.134. The summed E-state index contributed by atoms with van der Waals surface area (Å²) in [6, 6.07) is 0. The van der Waals surface area contributed by atoms with E-state index in [9.17, 15) is 32.5 Å². The Bertz CT molecular complexity index is 1230. The Morgan fingerprint density at radius 3 is 2.38 bits per heavy atom. The zero-order valence-electron chi connectivity index (χ0n) is 16.4. The predicted molar refractivity (Wildman–Crippen MR) is 104 cm³/mol. The smallest absolute Gasteiger partial charge is 0.387 e. The molecule has 1 aliphatic heterocycles. The van der Waals surface area contributed by atoms with Gasteiger partial charge in [0.2, 0.25) is 5.95 Å². The fraction of sp³-hybridized carbons (Fsp3) is 0.545. The van der Waals surface area contributed by atoms with Crippen molar-refractivity contribution in [1.29, 1.82) is 0 Å². The molecule has 0 spiro atoms. The average Bonchev–Trinajstić information content (AvgIpc) is 3.18. The summed E-state index contributed by atoms with van der Waals surface area (Å²) in [5, 5.41) is 10.3. The lowest BCUT2D eigenvalue weighted by Gasteiger charge is -2.29. The van der Waals surface area contributed by atoms with E-state index in [1.807, 2.05) is 0 Å². The number of alkyl halides is 2. The van der Waals surface area contributed by atoms with Gasteiger partial charge in [-0.15, -0.1) is 0 Å². The van der Waals surface area contributed by atoms with Gasteiger partial charge in [-0.25, -0.2) is 27.5 Å². The number of hydrogen-bond donors (Lipinski definition) is 7. The Balaban J connectivity index is 1.83. The van der Waals surface area contributed by atoms with Gasteiger partial charge in [-0.1, -0.05) is 0 Å². The van der Waals surface area contributed by atoms with Crippen molar-refractivity contribution in [3.63, 3.8) is 0 Å². The molecular formula is C11H17F2N6O12P3. The molecule has 1 fully saturated rings. The summed E-state index contributed by atoms with van der Waals surface area (Å²) in [5.41, 5.74) is 8.28. The lowest BCUT2D eigenvalue weighted by atomic mass is 9.98. The fourth-order valence-corrected chi connectivity index (χ4v) is 6.01. The number of aliphatic hydroxyl groups is 1. The van der Waals surface area contributed by atoms with E-state index in [0.29, 0.717) is 0 Å². The number of ether oxygens (including phenoxy) is 1. The standard InChI is InChI=1S/C11H17F2N6O12P3/c12-1-11(2-28-33(24,25)31-34(26,27)30-32(21,22)23)6(20)4(13)9(29-11)19-3-16-5-7(14)17-10(15)18-8(5)19/h3-4,6,9,20H,1-2H2,(H,24,25)(H,26,27)(H2,21,22,23)(H4,14,15,17,18)/t4-,6+,9-,11-/m1/s1. The minimum Gasteiger partial charge on any atom is -0.387 e. The van der Waals surface area contributed by atoms with Gasteiger partial charge < -0.3 is 40.9 Å². The van der Waals surface area contributed by atoms with E-state index < -0.39 is 60.9 Å². The van der Waals surface area contributed by atoms with Crippen LogP contribution in [0.5, 0.6) is 0 Å². The molecular weight excluding hydrogens is 539 g/mol. The first kappa shape index (κ1) is 26.9. The van der Waals surface area contributed by atoms with Crippen molar-refractivity contribution in [3.05, 3.63) is 6.33 Å². The van der Waals surface area contributed by atoms with Gasteiger partial charge in [0.25, 0.3) is 0 Å². The summed E-state index contributed by atoms with van der Waals surface area (Å²) >= 11 is 0.